The number of aryl methyl sites for hydroxylation is 1. The number of rotatable bonds is 4. The Balaban J connectivity index is 0.000000388. The molecule has 0 aliphatic carbocycles. The van der Waals surface area contributed by atoms with E-state index in [2.05, 4.69) is 9.84 Å². The van der Waals surface area contributed by atoms with Crippen LogP contribution in [0.2, 0.25) is 0 Å². The van der Waals surface area contributed by atoms with Gasteiger partial charge in [0.15, 0.2) is 0 Å². The molecule has 0 spiro atoms. The second-order valence-electron chi connectivity index (χ2n) is 4.80. The molecular weight excluding hydrogens is 250 g/mol. The number of methoxy groups -OCH3 is 1. The highest BCUT2D eigenvalue weighted by Gasteiger charge is 2.25. The normalized spacial score (nSPS) is 12.1. The summed E-state index contributed by atoms with van der Waals surface area (Å²) in [4.78, 5) is 31.7. The maximum absolute atomic E-state index is 10.8. The van der Waals surface area contributed by atoms with Crippen LogP contribution in [-0.4, -0.2) is 35.2 Å². The molecule has 0 aliphatic heterocycles. The van der Waals surface area contributed by atoms with E-state index >= 15 is 0 Å². The molecule has 19 heavy (non-hydrogen) atoms. The number of esters is 1. The molecule has 1 aromatic rings. The summed E-state index contributed by atoms with van der Waals surface area (Å²) in [6.45, 7) is 3.45. The number of H-pyrrole nitrogens is 1. The lowest BCUT2D eigenvalue weighted by Gasteiger charge is -2.19. The van der Waals surface area contributed by atoms with Gasteiger partial charge in [-0.05, 0) is 6.42 Å². The lowest BCUT2D eigenvalue weighted by atomic mass is 9.88. The van der Waals surface area contributed by atoms with Crippen molar-refractivity contribution in [3.8, 4) is 0 Å². The van der Waals surface area contributed by atoms with Crippen molar-refractivity contribution in [3.05, 3.63) is 22.6 Å². The largest absolute Gasteiger partial charge is 0.468 e. The van der Waals surface area contributed by atoms with Crippen LogP contribution in [0.15, 0.2) is 17.1 Å². The number of hydrogen-bond donors (Lipinski definition) is 2. The van der Waals surface area contributed by atoms with E-state index in [1.807, 2.05) is 0 Å². The monoisotopic (exact) mass is 271 g/mol. The first-order valence-corrected chi connectivity index (χ1v) is 5.73. The van der Waals surface area contributed by atoms with Crippen molar-refractivity contribution in [2.24, 2.45) is 18.2 Å². The minimum atomic E-state index is -0.713. The smallest absolute Gasteiger partial charge is 0.322 e. The minimum Gasteiger partial charge on any atom is -0.468 e. The second kappa shape index (κ2) is 7.52. The number of aromatic amines is 1. The van der Waals surface area contributed by atoms with Crippen LogP contribution in [0.3, 0.4) is 0 Å². The highest BCUT2D eigenvalue weighted by molar-refractivity contribution is 5.76. The summed E-state index contributed by atoms with van der Waals surface area (Å²) >= 11 is 0. The van der Waals surface area contributed by atoms with Crippen LogP contribution in [0.4, 0.5) is 0 Å². The number of nitrogens with one attached hydrogen (secondary N) is 1. The first-order chi connectivity index (χ1) is 8.73. The number of carbonyl (C=O) groups excluding carboxylic acids is 2. The van der Waals surface area contributed by atoms with Gasteiger partial charge >= 0.3 is 5.97 Å². The topological polar surface area (TPSA) is 107 Å². The predicted octanol–water partition coefficient (Wildman–Crippen LogP) is -0.185. The molecule has 1 rings (SSSR count). The quantitative estimate of drug-likeness (QED) is 0.583. The highest BCUT2D eigenvalue weighted by Crippen LogP contribution is 2.18. The third-order valence-electron chi connectivity index (χ3n) is 2.39. The molecule has 0 fully saturated rings. The predicted molar refractivity (Wildman–Crippen MR) is 70.5 cm³/mol. The Kier molecular flexibility index (Phi) is 6.78. The molecular formula is C12H21N3O4. The van der Waals surface area contributed by atoms with Gasteiger partial charge in [-0.15, -0.1) is 0 Å². The van der Waals surface area contributed by atoms with Gasteiger partial charge in [0.25, 0.3) is 5.56 Å². The molecule has 0 amide bonds. The van der Waals surface area contributed by atoms with Crippen molar-refractivity contribution in [3.63, 3.8) is 0 Å². The summed E-state index contributed by atoms with van der Waals surface area (Å²) in [6, 6.07) is 0.759. The summed E-state index contributed by atoms with van der Waals surface area (Å²) in [5, 5.41) is 2.67. The van der Waals surface area contributed by atoms with Crippen molar-refractivity contribution >= 4 is 12.3 Å². The number of carbonyl (C=O) groups is 2. The van der Waals surface area contributed by atoms with Gasteiger partial charge in [0, 0.05) is 24.7 Å². The van der Waals surface area contributed by atoms with Crippen LogP contribution >= 0.6 is 0 Å². The van der Waals surface area contributed by atoms with E-state index in [1.165, 1.54) is 17.9 Å². The number of aldehydes is 1. The number of nitrogens with zero attached hydrogens (tertiary/aromatic N) is 1. The van der Waals surface area contributed by atoms with Crippen molar-refractivity contribution in [1.82, 2.24) is 9.78 Å². The Morgan fingerprint density at radius 2 is 2.21 bits per heavy atom. The third kappa shape index (κ3) is 6.56. The van der Waals surface area contributed by atoms with E-state index in [9.17, 15) is 14.4 Å². The average Bonchev–Trinajstić information content (AvgIpc) is 2.73. The fourth-order valence-corrected chi connectivity index (χ4v) is 1.25. The van der Waals surface area contributed by atoms with Gasteiger partial charge in [0.05, 0.1) is 7.11 Å². The zero-order valence-corrected chi connectivity index (χ0v) is 11.7. The van der Waals surface area contributed by atoms with E-state index in [1.54, 1.807) is 27.1 Å². The minimum absolute atomic E-state index is 0.000000000000000222. The Hall–Kier alpha value is -1.89. The summed E-state index contributed by atoms with van der Waals surface area (Å²) in [6.07, 6.45) is 2.70. The molecule has 1 aromatic heterocycles. The first-order valence-electron chi connectivity index (χ1n) is 5.73. The maximum atomic E-state index is 10.8. The van der Waals surface area contributed by atoms with E-state index < -0.39 is 17.4 Å². The lowest BCUT2D eigenvalue weighted by molar-refractivity contribution is -0.143. The van der Waals surface area contributed by atoms with E-state index in [-0.39, 0.29) is 5.56 Å². The molecule has 1 atom stereocenters. The van der Waals surface area contributed by atoms with Crippen molar-refractivity contribution in [1.29, 1.82) is 0 Å². The number of hydrogen-bond acceptors (Lipinski definition) is 5. The fraction of sp³-hybridized carbons (Fsp3) is 0.583. The molecule has 0 aromatic carbocycles. The second-order valence-corrected chi connectivity index (χ2v) is 4.80. The zero-order valence-electron chi connectivity index (χ0n) is 11.7. The molecule has 7 heteroatoms. The molecule has 0 saturated carbocycles. The van der Waals surface area contributed by atoms with E-state index in [0.717, 1.165) is 6.29 Å². The molecule has 3 N–H and O–H groups in total. The van der Waals surface area contributed by atoms with Crippen LogP contribution in [0, 0.1) is 5.41 Å². The van der Waals surface area contributed by atoms with Crippen LogP contribution < -0.4 is 11.3 Å². The Labute approximate surface area is 111 Å². The van der Waals surface area contributed by atoms with Crippen LogP contribution in [0.5, 0.6) is 0 Å². The average molecular weight is 271 g/mol. The number of ether oxygens (including phenoxy) is 1. The van der Waals surface area contributed by atoms with Crippen molar-refractivity contribution in [2.75, 3.05) is 7.11 Å². The molecule has 7 nitrogen and oxygen atoms in total. The summed E-state index contributed by atoms with van der Waals surface area (Å²) in [7, 11) is 2.94. The first kappa shape index (κ1) is 17.1. The van der Waals surface area contributed by atoms with Crippen LogP contribution in [0.1, 0.15) is 20.3 Å². The molecule has 1 unspecified atom stereocenters. The van der Waals surface area contributed by atoms with Gasteiger partial charge in [-0.2, -0.15) is 0 Å². The van der Waals surface area contributed by atoms with Gasteiger partial charge in [0.1, 0.15) is 12.3 Å². The van der Waals surface area contributed by atoms with Crippen LogP contribution in [-0.2, 0) is 21.4 Å². The lowest BCUT2D eigenvalue weighted by Crippen LogP contribution is -2.36. The van der Waals surface area contributed by atoms with Gasteiger partial charge in [-0.25, -0.2) is 0 Å². The zero-order chi connectivity index (χ0) is 15.1. The Morgan fingerprint density at radius 1 is 1.63 bits per heavy atom. The Morgan fingerprint density at radius 3 is 2.47 bits per heavy atom. The standard InChI is InChI=1S/C8H15NO3.C4H6N2O/c1-8(2,5-10)4-6(9)7(11)12-3;1-6-4(7)2-3-5-6/h5-6H,4,9H2,1-3H3;2-3,5H,1H3. The SMILES string of the molecule is COC(=O)C(N)CC(C)(C)C=O.Cn1[nH]ccc1=O. The molecule has 0 radical (unpaired) electrons. The third-order valence-corrected chi connectivity index (χ3v) is 2.39. The maximum Gasteiger partial charge on any atom is 0.322 e. The van der Waals surface area contributed by atoms with Gasteiger partial charge in [0.2, 0.25) is 0 Å². The van der Waals surface area contributed by atoms with Crippen molar-refractivity contribution < 1.29 is 14.3 Å². The van der Waals surface area contributed by atoms with Gasteiger partial charge in [-0.3, -0.25) is 14.3 Å². The molecule has 108 valence electrons. The van der Waals surface area contributed by atoms with Gasteiger partial charge < -0.3 is 20.4 Å². The molecule has 0 bridgehead atoms. The fourth-order valence-electron chi connectivity index (χ4n) is 1.25. The van der Waals surface area contributed by atoms with Gasteiger partial charge in [-0.1, -0.05) is 13.8 Å². The summed E-state index contributed by atoms with van der Waals surface area (Å²) < 4.78 is 5.83. The molecule has 0 aliphatic rings. The number of aromatic nitrogens is 2. The molecule has 1 heterocycles. The summed E-state index contributed by atoms with van der Waals surface area (Å²) in [5.41, 5.74) is 4.89. The highest BCUT2D eigenvalue weighted by atomic mass is 16.5. The molecule has 0 saturated heterocycles. The summed E-state index contributed by atoms with van der Waals surface area (Å²) in [5.74, 6) is -0.482. The van der Waals surface area contributed by atoms with E-state index in [0.29, 0.717) is 6.42 Å². The Bertz CT molecular complexity index is 462. The van der Waals surface area contributed by atoms with Crippen LogP contribution in [0.25, 0.3) is 0 Å². The number of nitrogens with two attached hydrogens (primary N) is 1. The van der Waals surface area contributed by atoms with E-state index in [4.69, 9.17) is 5.73 Å². The van der Waals surface area contributed by atoms with Crippen molar-refractivity contribution in [2.45, 2.75) is 26.3 Å².